The van der Waals surface area contributed by atoms with Gasteiger partial charge in [-0.05, 0) is 51.6 Å². The molecule has 0 spiro atoms. The zero-order chi connectivity index (χ0) is 8.10. The smallest absolute Gasteiger partial charge is 0.00463 e. The molecule has 0 aliphatic carbocycles. The van der Waals surface area contributed by atoms with Crippen molar-refractivity contribution in [2.45, 2.75) is 32.6 Å². The average Bonchev–Trinajstić information content (AvgIpc) is 2.03. The second kappa shape index (κ2) is 4.55. The summed E-state index contributed by atoms with van der Waals surface area (Å²) in [5.74, 6) is 0.966. The van der Waals surface area contributed by atoms with Gasteiger partial charge in [0.15, 0.2) is 0 Å². The molecule has 0 unspecified atom stereocenters. The first-order chi connectivity index (χ1) is 5.29. The molecule has 64 valence electrons. The van der Waals surface area contributed by atoms with E-state index in [1.54, 1.807) is 0 Å². The highest BCUT2D eigenvalue weighted by Gasteiger charge is 2.11. The third-order valence-corrected chi connectivity index (χ3v) is 2.44. The van der Waals surface area contributed by atoms with Crippen LogP contribution < -0.4 is 5.32 Å². The zero-order valence-corrected chi connectivity index (χ0v) is 7.53. The molecule has 0 aromatic carbocycles. The molecule has 1 nitrogen and oxygen atoms in total. The fraction of sp³-hybridized carbons (Fsp3) is 0.800. The molecule has 0 atom stereocenters. The van der Waals surface area contributed by atoms with Crippen LogP contribution in [0.2, 0.25) is 0 Å². The molecular formula is C10H19N. The van der Waals surface area contributed by atoms with E-state index in [9.17, 15) is 0 Å². The first kappa shape index (κ1) is 8.79. The van der Waals surface area contributed by atoms with Crippen LogP contribution in [-0.4, -0.2) is 13.1 Å². The van der Waals surface area contributed by atoms with Crippen molar-refractivity contribution in [2.24, 2.45) is 5.92 Å². The number of rotatable bonds is 3. The van der Waals surface area contributed by atoms with E-state index in [1.165, 1.54) is 44.3 Å². The van der Waals surface area contributed by atoms with Gasteiger partial charge in [0.1, 0.15) is 0 Å². The minimum Gasteiger partial charge on any atom is -0.317 e. The first-order valence-electron chi connectivity index (χ1n) is 4.64. The topological polar surface area (TPSA) is 12.0 Å². The Bertz CT molecular complexity index is 123. The van der Waals surface area contributed by atoms with E-state index in [1.807, 2.05) is 0 Å². The summed E-state index contributed by atoms with van der Waals surface area (Å²) < 4.78 is 0. The number of piperidine rings is 1. The minimum atomic E-state index is 0.966. The third kappa shape index (κ3) is 3.57. The van der Waals surface area contributed by atoms with Crippen molar-refractivity contribution in [1.82, 2.24) is 5.32 Å². The summed E-state index contributed by atoms with van der Waals surface area (Å²) in [7, 11) is 0. The lowest BCUT2D eigenvalue weighted by molar-refractivity contribution is 0.354. The maximum absolute atomic E-state index is 3.92. The average molecular weight is 153 g/mol. The monoisotopic (exact) mass is 153 g/mol. The van der Waals surface area contributed by atoms with Gasteiger partial charge in [-0.1, -0.05) is 5.57 Å². The summed E-state index contributed by atoms with van der Waals surface area (Å²) >= 11 is 0. The summed E-state index contributed by atoms with van der Waals surface area (Å²) in [4.78, 5) is 0. The Hall–Kier alpha value is -0.300. The fourth-order valence-corrected chi connectivity index (χ4v) is 1.62. The molecule has 1 N–H and O–H groups in total. The predicted octanol–water partition coefficient (Wildman–Crippen LogP) is 2.34. The van der Waals surface area contributed by atoms with Crippen LogP contribution in [0.4, 0.5) is 0 Å². The highest BCUT2D eigenvalue weighted by Crippen LogP contribution is 2.19. The van der Waals surface area contributed by atoms with Crippen LogP contribution in [0.25, 0.3) is 0 Å². The SMILES string of the molecule is C=C(C)CCC1CCNCC1. The lowest BCUT2D eigenvalue weighted by Crippen LogP contribution is -2.27. The van der Waals surface area contributed by atoms with Crippen molar-refractivity contribution in [1.29, 1.82) is 0 Å². The van der Waals surface area contributed by atoms with Gasteiger partial charge in [-0.3, -0.25) is 0 Å². The summed E-state index contributed by atoms with van der Waals surface area (Å²) in [5, 5.41) is 3.38. The van der Waals surface area contributed by atoms with Crippen LogP contribution >= 0.6 is 0 Å². The van der Waals surface area contributed by atoms with Gasteiger partial charge < -0.3 is 5.32 Å². The summed E-state index contributed by atoms with van der Waals surface area (Å²) in [5.41, 5.74) is 1.34. The van der Waals surface area contributed by atoms with Gasteiger partial charge in [0.05, 0.1) is 0 Å². The highest BCUT2D eigenvalue weighted by atomic mass is 14.9. The fourth-order valence-electron chi connectivity index (χ4n) is 1.62. The van der Waals surface area contributed by atoms with E-state index in [2.05, 4.69) is 18.8 Å². The standard InChI is InChI=1S/C10H19N/c1-9(2)3-4-10-5-7-11-8-6-10/h10-11H,1,3-8H2,2H3. The molecule has 1 fully saturated rings. The number of nitrogens with one attached hydrogen (secondary N) is 1. The molecule has 1 heteroatoms. The van der Waals surface area contributed by atoms with Gasteiger partial charge in [0, 0.05) is 0 Å². The molecule has 1 heterocycles. The second-order valence-corrected chi connectivity index (χ2v) is 3.69. The molecule has 0 saturated carbocycles. The van der Waals surface area contributed by atoms with Crippen molar-refractivity contribution in [3.8, 4) is 0 Å². The molecule has 1 saturated heterocycles. The Balaban J connectivity index is 2.09. The van der Waals surface area contributed by atoms with Gasteiger partial charge >= 0.3 is 0 Å². The lowest BCUT2D eigenvalue weighted by Gasteiger charge is -2.22. The Morgan fingerprint density at radius 1 is 1.45 bits per heavy atom. The van der Waals surface area contributed by atoms with Crippen molar-refractivity contribution >= 4 is 0 Å². The quantitative estimate of drug-likeness (QED) is 0.614. The maximum atomic E-state index is 3.92. The van der Waals surface area contributed by atoms with Gasteiger partial charge in [-0.25, -0.2) is 0 Å². The molecule has 0 aromatic rings. The predicted molar refractivity (Wildman–Crippen MR) is 49.6 cm³/mol. The molecular weight excluding hydrogens is 134 g/mol. The number of allylic oxidation sites excluding steroid dienone is 1. The van der Waals surface area contributed by atoms with Gasteiger partial charge in [-0.15, -0.1) is 6.58 Å². The van der Waals surface area contributed by atoms with Crippen molar-refractivity contribution in [2.75, 3.05) is 13.1 Å². The Morgan fingerprint density at radius 2 is 2.09 bits per heavy atom. The van der Waals surface area contributed by atoms with Crippen molar-refractivity contribution in [3.63, 3.8) is 0 Å². The summed E-state index contributed by atoms with van der Waals surface area (Å²) in [6, 6.07) is 0. The largest absolute Gasteiger partial charge is 0.317 e. The van der Waals surface area contributed by atoms with E-state index in [4.69, 9.17) is 0 Å². The van der Waals surface area contributed by atoms with E-state index in [0.717, 1.165) is 5.92 Å². The Morgan fingerprint density at radius 3 is 2.64 bits per heavy atom. The molecule has 1 aliphatic rings. The number of hydrogen-bond acceptors (Lipinski definition) is 1. The Labute approximate surface area is 69.9 Å². The van der Waals surface area contributed by atoms with Crippen LogP contribution in [0.3, 0.4) is 0 Å². The van der Waals surface area contributed by atoms with Gasteiger partial charge in [0.25, 0.3) is 0 Å². The van der Waals surface area contributed by atoms with E-state index in [-0.39, 0.29) is 0 Å². The number of hydrogen-bond donors (Lipinski definition) is 1. The van der Waals surface area contributed by atoms with E-state index in [0.29, 0.717) is 0 Å². The summed E-state index contributed by atoms with van der Waals surface area (Å²) in [6.45, 7) is 8.50. The second-order valence-electron chi connectivity index (χ2n) is 3.69. The molecule has 0 amide bonds. The molecule has 1 rings (SSSR count). The minimum absolute atomic E-state index is 0.966. The zero-order valence-electron chi connectivity index (χ0n) is 7.53. The van der Waals surface area contributed by atoms with E-state index < -0.39 is 0 Å². The van der Waals surface area contributed by atoms with E-state index >= 15 is 0 Å². The van der Waals surface area contributed by atoms with Crippen LogP contribution in [0.15, 0.2) is 12.2 Å². The van der Waals surface area contributed by atoms with Crippen LogP contribution in [0.5, 0.6) is 0 Å². The molecule has 0 radical (unpaired) electrons. The third-order valence-electron chi connectivity index (χ3n) is 2.44. The van der Waals surface area contributed by atoms with Crippen LogP contribution in [-0.2, 0) is 0 Å². The summed E-state index contributed by atoms with van der Waals surface area (Å²) in [6.07, 6.45) is 5.32. The van der Waals surface area contributed by atoms with Crippen molar-refractivity contribution < 1.29 is 0 Å². The Kier molecular flexibility index (Phi) is 3.64. The molecule has 0 bridgehead atoms. The highest BCUT2D eigenvalue weighted by molar-refractivity contribution is 4.88. The van der Waals surface area contributed by atoms with Crippen molar-refractivity contribution in [3.05, 3.63) is 12.2 Å². The molecule has 0 aromatic heterocycles. The van der Waals surface area contributed by atoms with Crippen LogP contribution in [0, 0.1) is 5.92 Å². The lowest BCUT2D eigenvalue weighted by atomic mass is 9.92. The maximum Gasteiger partial charge on any atom is -0.00463 e. The van der Waals surface area contributed by atoms with Gasteiger partial charge in [0.2, 0.25) is 0 Å². The first-order valence-corrected chi connectivity index (χ1v) is 4.64. The van der Waals surface area contributed by atoms with Crippen LogP contribution in [0.1, 0.15) is 32.6 Å². The van der Waals surface area contributed by atoms with Gasteiger partial charge in [-0.2, -0.15) is 0 Å². The normalized spacial score (nSPS) is 20.1. The molecule has 1 aliphatic heterocycles. The molecule has 11 heavy (non-hydrogen) atoms.